The van der Waals surface area contributed by atoms with Crippen LogP contribution in [0.25, 0.3) is 111 Å². The van der Waals surface area contributed by atoms with Gasteiger partial charge in [0, 0.05) is 252 Å². The number of thiazole rings is 2. The fourth-order valence-corrected chi connectivity index (χ4v) is 12.1. The maximum atomic E-state index is 11.4. The molecule has 0 spiro atoms. The number of benzene rings is 5. The number of hydrogen-bond donors (Lipinski definition) is 1. The number of hydrogen-bond acceptors (Lipinski definition) is 17. The normalized spacial score (nSPS) is 10.6. The summed E-state index contributed by atoms with van der Waals surface area (Å²) in [6, 6.07) is 36.8. The first-order valence-electron chi connectivity index (χ1n) is 28.5. The number of aryl methyl sites for hydroxylation is 1. The minimum absolute atomic E-state index is 0. The number of halogens is 2. The Morgan fingerprint density at radius 2 is 0.929 bits per heavy atom. The molecule has 0 unspecified atom stereocenters. The van der Waals surface area contributed by atoms with E-state index in [1.807, 2.05) is 109 Å². The SMILES string of the molecule is C=C(OCC)c1ccc2nccc([NH-])c2c1.CN(CCS(C)(=O)=O)Cc1nc(-c2ccc3nccc([NH-])c3c2)cs1.CS(=O)(=O)CCNCc1nc(-c2ccc3nccc([NH-])c3c2)cs1.Cc1ccc2nccc([NH-])c2c1.I.[NH-]c1ccnc2ccc(C(=O)CBr)cc12.[U].[U].[U].[U].[U]. The summed E-state index contributed by atoms with van der Waals surface area (Å²) in [4.78, 5) is 43.6. The van der Waals surface area contributed by atoms with Gasteiger partial charge in [0.25, 0.3) is 0 Å². The van der Waals surface area contributed by atoms with E-state index in [1.54, 1.807) is 90.9 Å². The van der Waals surface area contributed by atoms with Crippen molar-refractivity contribution >= 4 is 177 Å². The van der Waals surface area contributed by atoms with Gasteiger partial charge in [-0.15, -0.1) is 75.1 Å². The Morgan fingerprint density at radius 3 is 1.36 bits per heavy atom. The van der Waals surface area contributed by atoms with E-state index < -0.39 is 19.7 Å². The smallest absolute Gasteiger partial charge is 0.173 e. The summed E-state index contributed by atoms with van der Waals surface area (Å²) in [5.41, 5.74) is 51.7. The monoisotopic (exact) mass is 2690 g/mol. The molecular formula is C67H67BrIN14O6S4U5-5. The maximum Gasteiger partial charge on any atom is 0.173 e. The quantitative estimate of drug-likeness (QED) is 0.0291. The van der Waals surface area contributed by atoms with Crippen LogP contribution in [-0.2, 0) is 37.5 Å². The van der Waals surface area contributed by atoms with E-state index in [9.17, 15) is 21.6 Å². The molecule has 98 heavy (non-hydrogen) atoms. The summed E-state index contributed by atoms with van der Waals surface area (Å²) in [5, 5.41) is 13.2. The molecule has 0 amide bonds. The molecule has 0 fully saturated rings. The molecule has 0 bridgehead atoms. The van der Waals surface area contributed by atoms with Crippen molar-refractivity contribution < 1.29 is 182 Å². The molecule has 0 aliphatic rings. The number of carbonyl (C=O) groups excluding carboxylic acids is 1. The second-order valence-electron chi connectivity index (χ2n) is 21.1. The van der Waals surface area contributed by atoms with Crippen LogP contribution in [0.2, 0.25) is 0 Å². The van der Waals surface area contributed by atoms with Crippen LogP contribution in [0.4, 0.5) is 28.4 Å². The van der Waals surface area contributed by atoms with Crippen molar-refractivity contribution in [1.29, 1.82) is 0 Å². The molecule has 0 atom stereocenters. The van der Waals surface area contributed by atoms with Gasteiger partial charge >= 0.3 is 0 Å². The van der Waals surface area contributed by atoms with Gasteiger partial charge in [-0.1, -0.05) is 82.7 Å². The molecule has 0 saturated carbocycles. The van der Waals surface area contributed by atoms with Gasteiger partial charge in [-0.3, -0.25) is 34.6 Å². The number of rotatable bonds is 17. The number of carbonyl (C=O) groups is 1. The van der Waals surface area contributed by atoms with Gasteiger partial charge in [-0.25, -0.2) is 26.8 Å². The molecule has 7 aromatic heterocycles. The van der Waals surface area contributed by atoms with Crippen LogP contribution in [0, 0.1) is 162 Å². The molecule has 20 nitrogen and oxygen atoms in total. The summed E-state index contributed by atoms with van der Waals surface area (Å²) in [6.07, 6.45) is 10.6. The molecular weight excluding hydrogens is 2620 g/mol. The second kappa shape index (κ2) is 43.9. The van der Waals surface area contributed by atoms with Gasteiger partial charge in [0.15, 0.2) is 5.78 Å². The molecule has 6 N–H and O–H groups in total. The van der Waals surface area contributed by atoms with Crippen LogP contribution in [-0.4, -0.2) is 118 Å². The Kier molecular flexibility index (Phi) is 40.7. The summed E-state index contributed by atoms with van der Waals surface area (Å²) in [7, 11) is -4.01. The van der Waals surface area contributed by atoms with Crippen LogP contribution >= 0.6 is 62.6 Å². The van der Waals surface area contributed by atoms with Gasteiger partial charge in [-0.2, -0.15) is 0 Å². The largest absolute Gasteiger partial charge is 0.698 e. The van der Waals surface area contributed by atoms with Crippen LogP contribution in [0.15, 0.2) is 170 Å². The molecule has 12 rings (SSSR count). The summed E-state index contributed by atoms with van der Waals surface area (Å²) < 4.78 is 50.0. The van der Waals surface area contributed by atoms with Crippen molar-refractivity contribution in [2.45, 2.75) is 26.9 Å². The zero-order valence-electron chi connectivity index (χ0n) is 53.9. The van der Waals surface area contributed by atoms with Gasteiger partial charge in [-0.05, 0) is 115 Å². The number of aromatic nitrogens is 7. The van der Waals surface area contributed by atoms with Crippen LogP contribution in [0.1, 0.15) is 38.4 Å². The van der Waals surface area contributed by atoms with E-state index in [2.05, 4.69) is 62.7 Å². The number of ether oxygens (including phenoxy) is 1. The van der Waals surface area contributed by atoms with Crippen LogP contribution in [0.3, 0.4) is 0 Å². The third kappa shape index (κ3) is 27.5. The molecule has 0 aliphatic carbocycles. The number of nitrogens with one attached hydrogen (secondary N) is 6. The van der Waals surface area contributed by atoms with E-state index in [4.69, 9.17) is 33.4 Å². The van der Waals surface area contributed by atoms with Crippen molar-refractivity contribution in [2.75, 3.05) is 56.1 Å². The van der Waals surface area contributed by atoms with E-state index in [1.165, 1.54) is 29.4 Å². The summed E-state index contributed by atoms with van der Waals surface area (Å²) >= 11 is 6.20. The number of Topliss-reactive ketones (excluding diaryl/α,β-unsaturated/α-hetero) is 1. The molecule has 7 heterocycles. The number of nitrogens with zero attached hydrogens (tertiary/aromatic N) is 8. The number of ketones is 1. The van der Waals surface area contributed by atoms with E-state index in [-0.39, 0.29) is 197 Å². The number of pyridine rings is 5. The molecule has 0 aliphatic heterocycles. The number of fused-ring (bicyclic) bond motifs is 5. The minimum Gasteiger partial charge on any atom is -0.698 e. The third-order valence-corrected chi connectivity index (χ3v) is 17.9. The molecule has 504 valence electrons. The van der Waals surface area contributed by atoms with E-state index in [0.29, 0.717) is 83.3 Å². The number of alkyl halides is 1. The Bertz CT molecular complexity index is 4860. The molecule has 0 saturated heterocycles. The maximum absolute atomic E-state index is 11.4. The van der Waals surface area contributed by atoms with Gasteiger partial charge < -0.3 is 38.7 Å². The molecule has 31 heteroatoms. The average Bonchev–Trinajstić information content (AvgIpc) is 1.06. The van der Waals surface area contributed by atoms with Crippen LogP contribution in [0.5, 0.6) is 0 Å². The van der Waals surface area contributed by atoms with Crippen molar-refractivity contribution in [3.05, 3.63) is 225 Å². The molecule has 12 aromatic rings. The zero-order valence-corrected chi connectivity index (χ0v) is 81.9. The van der Waals surface area contributed by atoms with Crippen molar-refractivity contribution in [2.24, 2.45) is 0 Å². The average molecular weight is 2690 g/mol. The van der Waals surface area contributed by atoms with Crippen molar-refractivity contribution in [1.82, 2.24) is 45.1 Å². The fraction of sp³-hybridized carbons (Fsp3) is 0.194. The Hall–Kier alpha value is -3.09. The summed E-state index contributed by atoms with van der Waals surface area (Å²) in [6.45, 7) is 10.4. The minimum atomic E-state index is -2.96. The summed E-state index contributed by atoms with van der Waals surface area (Å²) in [5.74, 6) is 0.911. The van der Waals surface area contributed by atoms with E-state index in [0.717, 1.165) is 87.2 Å². The predicted octanol–water partition coefficient (Wildman–Crippen LogP) is 18.0. The van der Waals surface area contributed by atoms with Crippen LogP contribution < -0.4 is 5.32 Å². The fourth-order valence-electron chi connectivity index (χ4n) is 8.97. The molecule has 5 aromatic carbocycles. The van der Waals surface area contributed by atoms with Gasteiger partial charge in [0.1, 0.15) is 35.4 Å². The molecule has 0 radical (unpaired) electrons. The van der Waals surface area contributed by atoms with E-state index >= 15 is 0 Å². The van der Waals surface area contributed by atoms with Crippen molar-refractivity contribution in [3.63, 3.8) is 0 Å². The van der Waals surface area contributed by atoms with Crippen molar-refractivity contribution in [3.8, 4) is 22.5 Å². The zero-order chi connectivity index (χ0) is 66.1. The first-order chi connectivity index (χ1) is 43.9. The first-order valence-corrected chi connectivity index (χ1v) is 35.5. The Labute approximate surface area is 723 Å². The van der Waals surface area contributed by atoms with Gasteiger partial charge in [0.2, 0.25) is 0 Å². The predicted molar refractivity (Wildman–Crippen MR) is 397 cm³/mol. The van der Waals surface area contributed by atoms with Gasteiger partial charge in [0.05, 0.1) is 69.0 Å². The number of sulfone groups is 2. The Balaban J connectivity index is 0.000000420. The first kappa shape index (κ1) is 91.0. The standard InChI is InChI=1S/C17H19N4O2S2.C16H17N4O2S2.C13H13N2O.C11H9BrN2O.C10H9N2.HI.5U/c1-21(7-8-25(2,22)23)10-17-20-16(11-24-17)12-3-4-15-13(9-12)14(18)5-6-19-15;1-24(21,22)7-6-18-9-16-20-15(10-23-16)11-2-3-14-12(8-11)13(17)4-5-19-14;1-3-16-9(2)10-4-5-13-11(8-10)12(14)6-7-15-13;12-6-11(15)7-1-2-10-8(5-7)9(13)3-4-14-10;1-7-2-3-10-8(6-7)9(11)4-5-12-10;;;;;;/h3-6,9,11H,7-8,10H2,1-2H3,(H-,18,19);2-5,8,10,18H,6-7,9H2,1H3,(H-,17,19);4-8H,2-3H2,1H3,(H-,14,15);1-5H,6H2,(H2,13,14,15);2-6H,1H3,(H-,11,12);1H;;;;;/q3*-1;;-1;;;;;;/p-1. The second-order valence-corrected chi connectivity index (χ2v) is 28.0. The Morgan fingerprint density at radius 1 is 0.551 bits per heavy atom. The topological polar surface area (TPSA) is 319 Å². The third-order valence-electron chi connectivity index (χ3n) is 13.8.